The molecular formula is C22H21N4O. The summed E-state index contributed by atoms with van der Waals surface area (Å²) >= 11 is 0. The van der Waals surface area contributed by atoms with E-state index in [1.807, 2.05) is 48.5 Å². The van der Waals surface area contributed by atoms with Crippen LogP contribution >= 0.6 is 0 Å². The molecule has 2 N–H and O–H groups in total. The van der Waals surface area contributed by atoms with Crippen LogP contribution in [-0.2, 0) is 5.41 Å². The van der Waals surface area contributed by atoms with Gasteiger partial charge in [-0.1, -0.05) is 45.0 Å². The van der Waals surface area contributed by atoms with E-state index >= 15 is 0 Å². The van der Waals surface area contributed by atoms with Crippen molar-refractivity contribution in [3.8, 4) is 11.6 Å². The Balaban J connectivity index is 1.66. The lowest BCUT2D eigenvalue weighted by Crippen LogP contribution is -2.12. The lowest BCUT2D eigenvalue weighted by molar-refractivity contribution is 0.442. The van der Waals surface area contributed by atoms with Gasteiger partial charge < -0.3 is 15.0 Å². The lowest BCUT2D eigenvalue weighted by Gasteiger charge is -2.22. The zero-order valence-electron chi connectivity index (χ0n) is 15.6. The van der Waals surface area contributed by atoms with Crippen LogP contribution in [0.1, 0.15) is 26.3 Å². The maximum atomic E-state index is 6.19. The fourth-order valence-electron chi connectivity index (χ4n) is 2.93. The summed E-state index contributed by atoms with van der Waals surface area (Å²) < 4.78 is 6.19. The number of benzene rings is 2. The molecule has 4 aromatic rings. The zero-order valence-corrected chi connectivity index (χ0v) is 15.6. The minimum atomic E-state index is -0.0335. The predicted molar refractivity (Wildman–Crippen MR) is 108 cm³/mol. The molecule has 0 aliphatic carbocycles. The van der Waals surface area contributed by atoms with Crippen LogP contribution in [0.4, 0.5) is 11.6 Å². The molecule has 27 heavy (non-hydrogen) atoms. The Morgan fingerprint density at radius 1 is 1.07 bits per heavy atom. The highest BCUT2D eigenvalue weighted by atomic mass is 16.5. The summed E-state index contributed by atoms with van der Waals surface area (Å²) in [6.07, 6.45) is 1.72. The maximum Gasteiger partial charge on any atom is 0.243 e. The first-order chi connectivity index (χ1) is 13.0. The summed E-state index contributed by atoms with van der Waals surface area (Å²) in [4.78, 5) is 12.2. The first-order valence-corrected chi connectivity index (χ1v) is 8.86. The summed E-state index contributed by atoms with van der Waals surface area (Å²) in [5.41, 5.74) is 3.63. The number of fused-ring (bicyclic) bond motifs is 1. The summed E-state index contributed by atoms with van der Waals surface area (Å²) in [6, 6.07) is 20.5. The van der Waals surface area contributed by atoms with Gasteiger partial charge in [-0.25, -0.2) is 9.97 Å². The highest BCUT2D eigenvalue weighted by molar-refractivity contribution is 5.78. The van der Waals surface area contributed by atoms with E-state index in [1.165, 1.54) is 0 Å². The van der Waals surface area contributed by atoms with Crippen LogP contribution in [0, 0.1) is 6.07 Å². The van der Waals surface area contributed by atoms with Crippen LogP contribution in [0.2, 0.25) is 0 Å². The van der Waals surface area contributed by atoms with Gasteiger partial charge >= 0.3 is 0 Å². The number of ether oxygens (including phenoxy) is 1. The number of pyridine rings is 1. The number of anilines is 2. The van der Waals surface area contributed by atoms with Crippen molar-refractivity contribution in [1.29, 1.82) is 0 Å². The molecule has 2 aromatic carbocycles. The van der Waals surface area contributed by atoms with E-state index in [0.717, 1.165) is 28.0 Å². The predicted octanol–water partition coefficient (Wildman–Crippen LogP) is 5.59. The number of aromatic amines is 1. The number of rotatable bonds is 4. The van der Waals surface area contributed by atoms with Gasteiger partial charge in [-0.2, -0.15) is 0 Å². The van der Waals surface area contributed by atoms with Crippen molar-refractivity contribution in [3.05, 3.63) is 72.4 Å². The number of nitrogens with one attached hydrogen (secondary N) is 2. The van der Waals surface area contributed by atoms with Crippen molar-refractivity contribution in [2.24, 2.45) is 0 Å². The number of nitrogens with zero attached hydrogens (tertiary/aromatic N) is 2. The van der Waals surface area contributed by atoms with E-state index < -0.39 is 0 Å². The van der Waals surface area contributed by atoms with E-state index in [9.17, 15) is 0 Å². The molecule has 1 radical (unpaired) electrons. The first kappa shape index (κ1) is 17.1. The number of H-pyrrole nitrogens is 1. The van der Waals surface area contributed by atoms with Crippen LogP contribution in [0.3, 0.4) is 0 Å². The van der Waals surface area contributed by atoms with E-state index in [4.69, 9.17) is 4.74 Å². The minimum Gasteiger partial charge on any atom is -0.437 e. The molecule has 0 atom stereocenters. The van der Waals surface area contributed by atoms with Crippen LogP contribution in [0.5, 0.6) is 11.6 Å². The van der Waals surface area contributed by atoms with Gasteiger partial charge in [0.05, 0.1) is 11.0 Å². The average Bonchev–Trinajstić information content (AvgIpc) is 3.05. The van der Waals surface area contributed by atoms with Gasteiger partial charge in [0.25, 0.3) is 0 Å². The number of aromatic nitrogens is 3. The molecule has 4 rings (SSSR count). The Morgan fingerprint density at radius 2 is 1.93 bits per heavy atom. The Labute approximate surface area is 158 Å². The largest absolute Gasteiger partial charge is 0.437 e. The van der Waals surface area contributed by atoms with Crippen molar-refractivity contribution >= 4 is 22.7 Å². The minimum absolute atomic E-state index is 0.0335. The van der Waals surface area contributed by atoms with Crippen molar-refractivity contribution in [2.75, 3.05) is 5.32 Å². The second-order valence-electron chi connectivity index (χ2n) is 7.36. The normalized spacial score (nSPS) is 11.5. The van der Waals surface area contributed by atoms with Gasteiger partial charge in [-0.05, 0) is 41.8 Å². The van der Waals surface area contributed by atoms with Crippen molar-refractivity contribution < 1.29 is 4.74 Å². The maximum absolute atomic E-state index is 6.19. The van der Waals surface area contributed by atoms with Crippen molar-refractivity contribution in [3.63, 3.8) is 0 Å². The number of hydrogen-bond acceptors (Lipinski definition) is 4. The number of para-hydroxylation sites is 1. The van der Waals surface area contributed by atoms with Crippen LogP contribution < -0.4 is 10.1 Å². The molecule has 0 aliphatic heterocycles. The first-order valence-electron chi connectivity index (χ1n) is 8.86. The molecule has 0 aliphatic rings. The molecule has 0 unspecified atom stereocenters. The Hall–Kier alpha value is -3.34. The molecule has 0 saturated heterocycles. The molecule has 0 saturated carbocycles. The summed E-state index contributed by atoms with van der Waals surface area (Å²) in [7, 11) is 0. The van der Waals surface area contributed by atoms with Crippen molar-refractivity contribution in [2.45, 2.75) is 26.2 Å². The van der Waals surface area contributed by atoms with Crippen molar-refractivity contribution in [1.82, 2.24) is 15.0 Å². The zero-order chi connectivity index (χ0) is 18.9. The van der Waals surface area contributed by atoms with Gasteiger partial charge in [0.15, 0.2) is 0 Å². The quantitative estimate of drug-likeness (QED) is 0.500. The fraction of sp³-hybridized carbons (Fsp3) is 0.182. The summed E-state index contributed by atoms with van der Waals surface area (Å²) in [5.74, 6) is 1.93. The van der Waals surface area contributed by atoms with Gasteiger partial charge in [0.2, 0.25) is 11.8 Å². The molecule has 2 heterocycles. The molecule has 0 amide bonds. The highest BCUT2D eigenvalue weighted by Crippen LogP contribution is 2.36. The Morgan fingerprint density at radius 3 is 2.74 bits per heavy atom. The fourth-order valence-corrected chi connectivity index (χ4v) is 2.93. The molecule has 0 fully saturated rings. The average molecular weight is 357 g/mol. The second-order valence-corrected chi connectivity index (χ2v) is 7.36. The molecular weight excluding hydrogens is 336 g/mol. The van der Waals surface area contributed by atoms with Gasteiger partial charge in [-0.15, -0.1) is 0 Å². The Bertz CT molecular complexity index is 1050. The number of imidazole rings is 1. The third kappa shape index (κ3) is 3.62. The molecule has 2 aromatic heterocycles. The van der Waals surface area contributed by atoms with Crippen LogP contribution in [-0.4, -0.2) is 15.0 Å². The van der Waals surface area contributed by atoms with Gasteiger partial charge in [-0.3, -0.25) is 0 Å². The number of hydrogen-bond donors (Lipinski definition) is 2. The third-order valence-electron chi connectivity index (χ3n) is 4.25. The standard InChI is InChI=1S/C22H21N4O/c1-22(2,3)15-9-4-7-13-19(15)27-20-18(12-8-14-23-20)26-21-24-16-10-5-6-11-17(16)25-21/h4-5,7-14H,1-3H3,(H2,24,25,26). The second kappa shape index (κ2) is 6.76. The molecule has 0 spiro atoms. The van der Waals surface area contributed by atoms with Gasteiger partial charge in [0, 0.05) is 11.8 Å². The van der Waals surface area contributed by atoms with E-state index in [-0.39, 0.29) is 5.41 Å². The Kier molecular flexibility index (Phi) is 4.28. The SMILES string of the molecule is CC(C)(C)c1ccccc1Oc1ncccc1Nc1nc2c[c]ccc2[nH]1. The summed E-state index contributed by atoms with van der Waals surface area (Å²) in [6.45, 7) is 6.49. The molecule has 5 heteroatoms. The van der Waals surface area contributed by atoms with Crippen LogP contribution in [0.15, 0.2) is 60.8 Å². The smallest absolute Gasteiger partial charge is 0.243 e. The van der Waals surface area contributed by atoms with Crippen LogP contribution in [0.25, 0.3) is 11.0 Å². The highest BCUT2D eigenvalue weighted by Gasteiger charge is 2.20. The van der Waals surface area contributed by atoms with E-state index in [0.29, 0.717) is 11.8 Å². The van der Waals surface area contributed by atoms with Gasteiger partial charge in [0.1, 0.15) is 11.4 Å². The third-order valence-corrected chi connectivity index (χ3v) is 4.25. The van der Waals surface area contributed by atoms with E-state index in [2.05, 4.69) is 53.2 Å². The topological polar surface area (TPSA) is 62.8 Å². The monoisotopic (exact) mass is 357 g/mol. The molecule has 5 nitrogen and oxygen atoms in total. The lowest BCUT2D eigenvalue weighted by atomic mass is 9.86. The molecule has 135 valence electrons. The summed E-state index contributed by atoms with van der Waals surface area (Å²) in [5, 5.41) is 3.27. The molecule has 0 bridgehead atoms. The van der Waals surface area contributed by atoms with E-state index in [1.54, 1.807) is 6.20 Å².